The lowest BCUT2D eigenvalue weighted by atomic mass is 10.0. The van der Waals surface area contributed by atoms with Crippen molar-refractivity contribution in [2.24, 2.45) is 0 Å². The van der Waals surface area contributed by atoms with Gasteiger partial charge in [0.1, 0.15) is 5.82 Å². The average molecular weight is 326 g/mol. The predicted octanol–water partition coefficient (Wildman–Crippen LogP) is 3.47. The lowest BCUT2D eigenvalue weighted by molar-refractivity contribution is 0.0848. The van der Waals surface area contributed by atoms with Gasteiger partial charge in [-0.1, -0.05) is 29.8 Å². The molecule has 2 atom stereocenters. The molecule has 0 heterocycles. The highest BCUT2D eigenvalue weighted by molar-refractivity contribution is 6.31. The lowest BCUT2D eigenvalue weighted by Crippen LogP contribution is -2.37. The van der Waals surface area contributed by atoms with E-state index in [0.717, 1.165) is 0 Å². The van der Waals surface area contributed by atoms with Crippen LogP contribution in [0.2, 0.25) is 5.02 Å². The number of amides is 1. The molecule has 2 unspecified atom stereocenters. The topological polar surface area (TPSA) is 49.3 Å². The van der Waals surface area contributed by atoms with Gasteiger partial charge < -0.3 is 10.4 Å². The predicted molar refractivity (Wildman–Crippen MR) is 79.7 cm³/mol. The molecule has 6 heteroatoms. The number of benzene rings is 2. The van der Waals surface area contributed by atoms with Gasteiger partial charge in [0.2, 0.25) is 0 Å². The van der Waals surface area contributed by atoms with Crippen LogP contribution in [0.25, 0.3) is 0 Å². The Hall–Kier alpha value is -1.98. The molecule has 0 aromatic heterocycles. The van der Waals surface area contributed by atoms with Crippen molar-refractivity contribution in [3.8, 4) is 0 Å². The van der Waals surface area contributed by atoms with Gasteiger partial charge in [-0.15, -0.1) is 0 Å². The maximum atomic E-state index is 13.8. The van der Waals surface area contributed by atoms with E-state index in [1.54, 1.807) is 6.92 Å². The second-order valence-electron chi connectivity index (χ2n) is 4.86. The number of rotatable bonds is 4. The summed E-state index contributed by atoms with van der Waals surface area (Å²) in [6.45, 7) is 1.56. The van der Waals surface area contributed by atoms with Crippen LogP contribution in [-0.4, -0.2) is 17.1 Å². The zero-order valence-corrected chi connectivity index (χ0v) is 12.4. The SMILES string of the molecule is CC(NC(=O)c1cccc(Cl)c1F)C(O)c1ccc(F)cc1. The Labute approximate surface area is 131 Å². The van der Waals surface area contributed by atoms with Gasteiger partial charge >= 0.3 is 0 Å². The summed E-state index contributed by atoms with van der Waals surface area (Å²) in [5.41, 5.74) is 0.242. The number of hydrogen-bond donors (Lipinski definition) is 2. The van der Waals surface area contributed by atoms with Crippen molar-refractivity contribution in [1.29, 1.82) is 0 Å². The van der Waals surface area contributed by atoms with Crippen molar-refractivity contribution >= 4 is 17.5 Å². The van der Waals surface area contributed by atoms with E-state index >= 15 is 0 Å². The normalized spacial score (nSPS) is 13.5. The highest BCUT2D eigenvalue weighted by Gasteiger charge is 2.21. The van der Waals surface area contributed by atoms with E-state index < -0.39 is 29.7 Å². The third kappa shape index (κ3) is 3.61. The molecule has 0 aliphatic rings. The lowest BCUT2D eigenvalue weighted by Gasteiger charge is -2.21. The van der Waals surface area contributed by atoms with Gasteiger partial charge in [0.15, 0.2) is 5.82 Å². The molecule has 2 aromatic rings. The average Bonchev–Trinajstić information content (AvgIpc) is 2.50. The van der Waals surface area contributed by atoms with Gasteiger partial charge in [-0.25, -0.2) is 8.78 Å². The van der Waals surface area contributed by atoms with Crippen molar-refractivity contribution in [1.82, 2.24) is 5.32 Å². The summed E-state index contributed by atoms with van der Waals surface area (Å²) < 4.78 is 26.6. The van der Waals surface area contributed by atoms with Crippen molar-refractivity contribution in [2.75, 3.05) is 0 Å². The molecular weight excluding hydrogens is 312 g/mol. The highest BCUT2D eigenvalue weighted by Crippen LogP contribution is 2.20. The van der Waals surface area contributed by atoms with Crippen LogP contribution in [0.5, 0.6) is 0 Å². The Bertz CT molecular complexity index is 676. The fourth-order valence-electron chi connectivity index (χ4n) is 1.99. The largest absolute Gasteiger partial charge is 0.386 e. The summed E-state index contributed by atoms with van der Waals surface area (Å²) in [5.74, 6) is -1.92. The van der Waals surface area contributed by atoms with Crippen molar-refractivity contribution in [3.63, 3.8) is 0 Å². The minimum Gasteiger partial charge on any atom is -0.386 e. The third-order valence-corrected chi connectivity index (χ3v) is 3.53. The number of hydrogen-bond acceptors (Lipinski definition) is 2. The smallest absolute Gasteiger partial charge is 0.254 e. The van der Waals surface area contributed by atoms with Crippen LogP contribution >= 0.6 is 11.6 Å². The van der Waals surface area contributed by atoms with E-state index in [1.165, 1.54) is 42.5 Å². The summed E-state index contributed by atoms with van der Waals surface area (Å²) >= 11 is 5.63. The summed E-state index contributed by atoms with van der Waals surface area (Å²) in [7, 11) is 0. The van der Waals surface area contributed by atoms with E-state index in [4.69, 9.17) is 11.6 Å². The van der Waals surface area contributed by atoms with Gasteiger partial charge in [-0.2, -0.15) is 0 Å². The van der Waals surface area contributed by atoms with Crippen LogP contribution in [0.4, 0.5) is 8.78 Å². The molecule has 0 saturated heterocycles. The zero-order chi connectivity index (χ0) is 16.3. The van der Waals surface area contributed by atoms with Gasteiger partial charge in [0, 0.05) is 0 Å². The molecule has 3 nitrogen and oxygen atoms in total. The molecule has 22 heavy (non-hydrogen) atoms. The first-order chi connectivity index (χ1) is 10.4. The molecule has 0 aliphatic heterocycles. The van der Waals surface area contributed by atoms with Crippen LogP contribution < -0.4 is 5.32 Å². The molecule has 0 bridgehead atoms. The monoisotopic (exact) mass is 325 g/mol. The van der Waals surface area contributed by atoms with E-state index in [2.05, 4.69) is 5.32 Å². The van der Waals surface area contributed by atoms with Crippen molar-refractivity contribution < 1.29 is 18.7 Å². The zero-order valence-electron chi connectivity index (χ0n) is 11.7. The minimum atomic E-state index is -1.05. The summed E-state index contributed by atoms with van der Waals surface area (Å²) in [5, 5.41) is 12.5. The first-order valence-electron chi connectivity index (χ1n) is 6.58. The molecule has 0 radical (unpaired) electrons. The summed E-state index contributed by atoms with van der Waals surface area (Å²) in [6.07, 6.45) is -1.05. The first-order valence-corrected chi connectivity index (χ1v) is 6.96. The Kier molecular flexibility index (Phi) is 5.11. The molecule has 0 saturated carbocycles. The van der Waals surface area contributed by atoms with E-state index in [-0.39, 0.29) is 10.6 Å². The maximum absolute atomic E-state index is 13.8. The second-order valence-corrected chi connectivity index (χ2v) is 5.27. The Morgan fingerprint density at radius 1 is 1.18 bits per heavy atom. The van der Waals surface area contributed by atoms with Gasteiger partial charge in [-0.05, 0) is 36.8 Å². The fraction of sp³-hybridized carbons (Fsp3) is 0.188. The van der Waals surface area contributed by atoms with Crippen LogP contribution in [0.3, 0.4) is 0 Å². The molecular formula is C16H14ClF2NO2. The summed E-state index contributed by atoms with van der Waals surface area (Å²) in [4.78, 5) is 12.0. The number of aliphatic hydroxyl groups excluding tert-OH is 1. The number of carbonyl (C=O) groups is 1. The maximum Gasteiger partial charge on any atom is 0.254 e. The third-order valence-electron chi connectivity index (χ3n) is 3.24. The van der Waals surface area contributed by atoms with Crippen LogP contribution in [-0.2, 0) is 0 Å². The summed E-state index contributed by atoms with van der Waals surface area (Å²) in [6, 6.07) is 8.66. The van der Waals surface area contributed by atoms with Gasteiger partial charge in [-0.3, -0.25) is 4.79 Å². The molecule has 2 N–H and O–H groups in total. The van der Waals surface area contributed by atoms with E-state index in [9.17, 15) is 18.7 Å². The number of aliphatic hydroxyl groups is 1. The first kappa shape index (κ1) is 16.4. The van der Waals surface area contributed by atoms with Crippen molar-refractivity contribution in [3.05, 3.63) is 70.2 Å². The second kappa shape index (κ2) is 6.85. The molecule has 2 rings (SSSR count). The van der Waals surface area contributed by atoms with Crippen LogP contribution in [0, 0.1) is 11.6 Å². The van der Waals surface area contributed by atoms with E-state index in [1.807, 2.05) is 0 Å². The van der Waals surface area contributed by atoms with Crippen LogP contribution in [0.1, 0.15) is 28.9 Å². The Morgan fingerprint density at radius 3 is 2.45 bits per heavy atom. The number of nitrogens with one attached hydrogen (secondary N) is 1. The molecule has 1 amide bonds. The molecule has 116 valence electrons. The number of carbonyl (C=O) groups excluding carboxylic acids is 1. The minimum absolute atomic E-state index is 0.153. The fourth-order valence-corrected chi connectivity index (χ4v) is 2.17. The quantitative estimate of drug-likeness (QED) is 0.904. The molecule has 0 fully saturated rings. The van der Waals surface area contributed by atoms with Gasteiger partial charge in [0.25, 0.3) is 5.91 Å². The molecule has 0 spiro atoms. The highest BCUT2D eigenvalue weighted by atomic mass is 35.5. The molecule has 0 aliphatic carbocycles. The Morgan fingerprint density at radius 2 is 1.82 bits per heavy atom. The Balaban J connectivity index is 2.10. The number of halogens is 3. The van der Waals surface area contributed by atoms with Crippen molar-refractivity contribution in [2.45, 2.75) is 19.1 Å². The van der Waals surface area contributed by atoms with Gasteiger partial charge in [0.05, 0.1) is 22.7 Å². The standard InChI is InChI=1S/C16H14ClF2NO2/c1-9(15(21)10-5-7-11(18)8-6-10)20-16(22)12-3-2-4-13(17)14(12)19/h2-9,15,21H,1H3,(H,20,22). The van der Waals surface area contributed by atoms with Crippen LogP contribution in [0.15, 0.2) is 42.5 Å². The molecule has 2 aromatic carbocycles. The van der Waals surface area contributed by atoms with E-state index in [0.29, 0.717) is 5.56 Å².